The number of nitrogens with one attached hydrogen (secondary N) is 1. The van der Waals surface area contributed by atoms with Gasteiger partial charge in [0.2, 0.25) is 0 Å². The topological polar surface area (TPSA) is 55.1 Å². The lowest BCUT2D eigenvalue weighted by Crippen LogP contribution is -2.15. The molecule has 21 heavy (non-hydrogen) atoms. The Hall–Kier alpha value is -1.43. The lowest BCUT2D eigenvalue weighted by molar-refractivity contribution is 0.102. The van der Waals surface area contributed by atoms with Gasteiger partial charge in [-0.05, 0) is 42.8 Å². The molecule has 2 aromatic rings. The van der Waals surface area contributed by atoms with Crippen LogP contribution >= 0.6 is 39.7 Å². The monoisotopic (exact) mass is 382 g/mol. The van der Waals surface area contributed by atoms with Gasteiger partial charge >= 0.3 is 0 Å². The minimum atomic E-state index is -0.234. The third kappa shape index (κ3) is 3.81. The van der Waals surface area contributed by atoms with Crippen LogP contribution in [0.4, 0.5) is 5.69 Å². The van der Waals surface area contributed by atoms with Gasteiger partial charge in [-0.2, -0.15) is 0 Å². The summed E-state index contributed by atoms with van der Waals surface area (Å²) in [6.45, 7) is 1.87. The number of anilines is 1. The lowest BCUT2D eigenvalue weighted by Gasteiger charge is -2.11. The zero-order valence-corrected chi connectivity index (χ0v) is 14.3. The molecule has 0 spiro atoms. The van der Waals surface area contributed by atoms with Gasteiger partial charge in [-0.1, -0.05) is 45.8 Å². The Labute approximate surface area is 141 Å². The molecule has 0 unspecified atom stereocenters. The first-order valence-corrected chi connectivity index (χ1v) is 7.63. The van der Waals surface area contributed by atoms with E-state index in [1.165, 1.54) is 0 Å². The van der Waals surface area contributed by atoms with Crippen molar-refractivity contribution in [1.29, 1.82) is 0 Å². The van der Waals surface area contributed by atoms with Crippen LogP contribution < -0.4 is 11.1 Å². The summed E-state index contributed by atoms with van der Waals surface area (Å²) in [5.41, 5.74) is 8.16. The molecule has 0 aliphatic carbocycles. The summed E-state index contributed by atoms with van der Waals surface area (Å²) >= 11 is 14.4. The third-order valence-electron chi connectivity index (χ3n) is 2.93. The van der Waals surface area contributed by atoms with Crippen molar-refractivity contribution in [3.05, 3.63) is 62.6 Å². The summed E-state index contributed by atoms with van der Waals surface area (Å²) in [6, 6.07) is 10.5. The number of nitrogens with two attached hydrogens (primary N) is 1. The van der Waals surface area contributed by atoms with Crippen LogP contribution in [0, 0.1) is 6.92 Å². The van der Waals surface area contributed by atoms with Crippen molar-refractivity contribution in [2.75, 3.05) is 5.32 Å². The van der Waals surface area contributed by atoms with Gasteiger partial charge in [-0.3, -0.25) is 4.79 Å². The number of amides is 1. The molecule has 0 radical (unpaired) electrons. The first kappa shape index (κ1) is 15.9. The standard InChI is InChI=1S/C15H12BrClN2OS/c1-8-6-10(16)3-4-11(8)15(20)19-13-7-9(14(18)21)2-5-12(13)17/h2-7H,1H3,(H2,18,21)(H,19,20). The highest BCUT2D eigenvalue weighted by atomic mass is 79.9. The normalized spacial score (nSPS) is 10.2. The molecule has 3 N–H and O–H groups in total. The molecule has 0 aromatic heterocycles. The minimum Gasteiger partial charge on any atom is -0.389 e. The number of benzene rings is 2. The second-order valence-corrected chi connectivity index (χ2v) is 6.23. The van der Waals surface area contributed by atoms with Crippen LogP contribution in [0.1, 0.15) is 21.5 Å². The molecule has 108 valence electrons. The predicted molar refractivity (Wildman–Crippen MR) is 94.2 cm³/mol. The van der Waals surface area contributed by atoms with Crippen molar-refractivity contribution in [3.8, 4) is 0 Å². The number of carbonyl (C=O) groups excluding carboxylic acids is 1. The van der Waals surface area contributed by atoms with Gasteiger partial charge in [-0.15, -0.1) is 0 Å². The second-order valence-electron chi connectivity index (χ2n) is 4.47. The Balaban J connectivity index is 2.31. The highest BCUT2D eigenvalue weighted by molar-refractivity contribution is 9.10. The van der Waals surface area contributed by atoms with E-state index in [4.69, 9.17) is 29.6 Å². The van der Waals surface area contributed by atoms with Crippen LogP contribution in [0.25, 0.3) is 0 Å². The van der Waals surface area contributed by atoms with E-state index >= 15 is 0 Å². The van der Waals surface area contributed by atoms with E-state index in [1.807, 2.05) is 19.1 Å². The molecular weight excluding hydrogens is 372 g/mol. The maximum atomic E-state index is 12.3. The summed E-state index contributed by atoms with van der Waals surface area (Å²) in [4.78, 5) is 12.6. The molecule has 0 atom stereocenters. The minimum absolute atomic E-state index is 0.234. The molecule has 0 bridgehead atoms. The fraction of sp³-hybridized carbons (Fsp3) is 0.0667. The Morgan fingerprint density at radius 1 is 1.29 bits per heavy atom. The average Bonchev–Trinajstić information content (AvgIpc) is 2.40. The van der Waals surface area contributed by atoms with E-state index in [1.54, 1.807) is 24.3 Å². The molecule has 1 amide bonds. The largest absolute Gasteiger partial charge is 0.389 e. The average molecular weight is 384 g/mol. The molecule has 0 saturated heterocycles. The lowest BCUT2D eigenvalue weighted by atomic mass is 10.1. The van der Waals surface area contributed by atoms with Crippen molar-refractivity contribution in [2.45, 2.75) is 6.92 Å². The van der Waals surface area contributed by atoms with Crippen LogP contribution in [0.5, 0.6) is 0 Å². The Morgan fingerprint density at radius 3 is 2.62 bits per heavy atom. The fourth-order valence-electron chi connectivity index (χ4n) is 1.85. The molecule has 6 heteroatoms. The molecule has 2 rings (SSSR count). The van der Waals surface area contributed by atoms with Gasteiger partial charge in [0.15, 0.2) is 0 Å². The van der Waals surface area contributed by atoms with E-state index in [2.05, 4.69) is 21.2 Å². The van der Waals surface area contributed by atoms with Crippen molar-refractivity contribution in [1.82, 2.24) is 0 Å². The summed E-state index contributed by atoms with van der Waals surface area (Å²) in [5.74, 6) is -0.234. The van der Waals surface area contributed by atoms with Crippen LogP contribution in [0.2, 0.25) is 5.02 Å². The molecule has 0 saturated carbocycles. The highest BCUT2D eigenvalue weighted by Gasteiger charge is 2.12. The number of halogens is 2. The fourth-order valence-corrected chi connectivity index (χ4v) is 2.61. The Kier molecular flexibility index (Phi) is 4.98. The number of thiocarbonyl (C=S) groups is 1. The van der Waals surface area contributed by atoms with Crippen LogP contribution in [-0.4, -0.2) is 10.9 Å². The molecule has 3 nitrogen and oxygen atoms in total. The third-order valence-corrected chi connectivity index (χ3v) is 3.99. The van der Waals surface area contributed by atoms with Gasteiger partial charge in [0.05, 0.1) is 10.7 Å². The van der Waals surface area contributed by atoms with Crippen molar-refractivity contribution in [3.63, 3.8) is 0 Å². The molecule has 0 aliphatic rings. The van der Waals surface area contributed by atoms with E-state index < -0.39 is 0 Å². The van der Waals surface area contributed by atoms with Crippen LogP contribution in [0.3, 0.4) is 0 Å². The van der Waals surface area contributed by atoms with Crippen molar-refractivity contribution in [2.24, 2.45) is 5.73 Å². The molecule has 0 aliphatic heterocycles. The van der Waals surface area contributed by atoms with Gasteiger partial charge in [-0.25, -0.2) is 0 Å². The number of carbonyl (C=O) groups is 1. The van der Waals surface area contributed by atoms with Crippen molar-refractivity contribution < 1.29 is 4.79 Å². The summed E-state index contributed by atoms with van der Waals surface area (Å²) in [7, 11) is 0. The summed E-state index contributed by atoms with van der Waals surface area (Å²) in [6.07, 6.45) is 0. The first-order chi connectivity index (χ1) is 9.88. The molecule has 0 fully saturated rings. The van der Waals surface area contributed by atoms with Crippen LogP contribution in [-0.2, 0) is 0 Å². The SMILES string of the molecule is Cc1cc(Br)ccc1C(=O)Nc1cc(C(N)=S)ccc1Cl. The van der Waals surface area contributed by atoms with Gasteiger partial charge in [0.1, 0.15) is 4.99 Å². The maximum absolute atomic E-state index is 12.3. The van der Waals surface area contributed by atoms with E-state index in [0.29, 0.717) is 21.8 Å². The van der Waals surface area contributed by atoms with E-state index in [-0.39, 0.29) is 10.9 Å². The maximum Gasteiger partial charge on any atom is 0.255 e. The van der Waals surface area contributed by atoms with Gasteiger partial charge in [0, 0.05) is 15.6 Å². The quantitative estimate of drug-likeness (QED) is 0.777. The first-order valence-electron chi connectivity index (χ1n) is 6.05. The summed E-state index contributed by atoms with van der Waals surface area (Å²) in [5, 5.41) is 3.21. The number of hydrogen-bond acceptors (Lipinski definition) is 2. The van der Waals surface area contributed by atoms with Gasteiger partial charge in [0.25, 0.3) is 5.91 Å². The predicted octanol–water partition coefficient (Wildman–Crippen LogP) is 4.30. The zero-order valence-electron chi connectivity index (χ0n) is 11.1. The Morgan fingerprint density at radius 2 is 2.00 bits per heavy atom. The van der Waals surface area contributed by atoms with E-state index in [0.717, 1.165) is 10.0 Å². The number of hydrogen-bond donors (Lipinski definition) is 2. The van der Waals surface area contributed by atoms with E-state index in [9.17, 15) is 4.79 Å². The van der Waals surface area contributed by atoms with Crippen LogP contribution in [0.15, 0.2) is 40.9 Å². The molecule has 0 heterocycles. The Bertz CT molecular complexity index is 734. The number of aryl methyl sites for hydroxylation is 1. The van der Waals surface area contributed by atoms with Crippen molar-refractivity contribution >= 4 is 56.3 Å². The second kappa shape index (κ2) is 6.56. The smallest absolute Gasteiger partial charge is 0.255 e. The molecule has 2 aromatic carbocycles. The highest BCUT2D eigenvalue weighted by Crippen LogP contribution is 2.24. The summed E-state index contributed by atoms with van der Waals surface area (Å²) < 4.78 is 0.921. The number of rotatable bonds is 3. The molecular formula is C15H12BrClN2OS. The van der Waals surface area contributed by atoms with Gasteiger partial charge < -0.3 is 11.1 Å². The zero-order chi connectivity index (χ0) is 15.6.